The average molecular weight is 357 g/mol. The minimum absolute atomic E-state index is 0.209. The van der Waals surface area contributed by atoms with Crippen LogP contribution in [0.2, 0.25) is 5.02 Å². The molecule has 0 unspecified atom stereocenters. The SMILES string of the molecule is O=C(Nc1cccc(Cl)c1)N1CC(S(=O)(=O)C2CCCCC2)C1. The van der Waals surface area contributed by atoms with Crippen LogP contribution in [0, 0.1) is 0 Å². The molecule has 0 atom stereocenters. The predicted octanol–water partition coefficient (Wildman–Crippen LogP) is 3.30. The van der Waals surface area contributed by atoms with Crippen molar-refractivity contribution in [1.82, 2.24) is 4.90 Å². The number of urea groups is 1. The Morgan fingerprint density at radius 3 is 2.48 bits per heavy atom. The molecule has 7 heteroatoms. The topological polar surface area (TPSA) is 66.5 Å². The second-order valence-electron chi connectivity index (χ2n) is 6.32. The molecule has 1 N–H and O–H groups in total. The third kappa shape index (κ3) is 3.63. The van der Waals surface area contributed by atoms with Crippen molar-refractivity contribution in [3.63, 3.8) is 0 Å². The van der Waals surface area contributed by atoms with Crippen LogP contribution < -0.4 is 5.32 Å². The third-order valence-electron chi connectivity index (χ3n) is 4.69. The molecule has 126 valence electrons. The van der Waals surface area contributed by atoms with Gasteiger partial charge in [-0.15, -0.1) is 0 Å². The summed E-state index contributed by atoms with van der Waals surface area (Å²) in [5, 5.41) is 2.67. The van der Waals surface area contributed by atoms with Crippen LogP contribution >= 0.6 is 11.6 Å². The molecular weight excluding hydrogens is 336 g/mol. The van der Waals surface area contributed by atoms with Crippen LogP contribution in [0.1, 0.15) is 32.1 Å². The smallest absolute Gasteiger partial charge is 0.321 e. The molecule has 1 aliphatic heterocycles. The summed E-state index contributed by atoms with van der Waals surface area (Å²) in [4.78, 5) is 13.7. The standard InChI is InChI=1S/C16H21ClN2O3S/c17-12-5-4-6-13(9-12)18-16(20)19-10-15(11-19)23(21,22)14-7-2-1-3-8-14/h4-6,9,14-15H,1-3,7-8,10-11H2,(H,18,20). The summed E-state index contributed by atoms with van der Waals surface area (Å²) in [6.07, 6.45) is 4.66. The van der Waals surface area contributed by atoms with E-state index in [1.54, 1.807) is 24.3 Å². The maximum Gasteiger partial charge on any atom is 0.321 e. The Balaban J connectivity index is 1.54. The molecule has 1 aromatic carbocycles. The number of rotatable bonds is 3. The lowest BCUT2D eigenvalue weighted by Gasteiger charge is -2.40. The molecule has 1 aromatic rings. The van der Waals surface area contributed by atoms with Gasteiger partial charge in [0.25, 0.3) is 0 Å². The zero-order chi connectivity index (χ0) is 16.4. The van der Waals surface area contributed by atoms with E-state index in [4.69, 9.17) is 11.6 Å². The van der Waals surface area contributed by atoms with E-state index in [1.807, 2.05) is 0 Å². The Bertz CT molecular complexity index is 680. The van der Waals surface area contributed by atoms with Crippen molar-refractivity contribution in [1.29, 1.82) is 0 Å². The molecule has 5 nitrogen and oxygen atoms in total. The van der Waals surface area contributed by atoms with Gasteiger partial charge in [-0.1, -0.05) is 36.9 Å². The summed E-state index contributed by atoms with van der Waals surface area (Å²) in [6, 6.07) is 6.62. The number of nitrogens with zero attached hydrogens (tertiary/aromatic N) is 1. The molecule has 3 rings (SSSR count). The van der Waals surface area contributed by atoms with Crippen LogP contribution in [0.5, 0.6) is 0 Å². The van der Waals surface area contributed by atoms with Crippen molar-refractivity contribution in [2.24, 2.45) is 0 Å². The van der Waals surface area contributed by atoms with Crippen molar-refractivity contribution in [2.75, 3.05) is 18.4 Å². The van der Waals surface area contributed by atoms with E-state index in [1.165, 1.54) is 4.90 Å². The summed E-state index contributed by atoms with van der Waals surface area (Å²) < 4.78 is 25.1. The van der Waals surface area contributed by atoms with Crippen LogP contribution in [-0.2, 0) is 9.84 Å². The van der Waals surface area contributed by atoms with Gasteiger partial charge in [0.1, 0.15) is 0 Å². The number of likely N-dealkylation sites (tertiary alicyclic amines) is 1. The minimum atomic E-state index is -3.11. The van der Waals surface area contributed by atoms with Crippen molar-refractivity contribution in [3.05, 3.63) is 29.3 Å². The first-order chi connectivity index (χ1) is 11.0. The number of sulfone groups is 1. The van der Waals surface area contributed by atoms with Gasteiger partial charge in [0, 0.05) is 23.8 Å². The monoisotopic (exact) mass is 356 g/mol. The maximum absolute atomic E-state index is 12.6. The molecule has 1 saturated heterocycles. The number of anilines is 1. The van der Waals surface area contributed by atoms with Gasteiger partial charge >= 0.3 is 6.03 Å². The number of amides is 2. The highest BCUT2D eigenvalue weighted by atomic mass is 35.5. The number of nitrogens with one attached hydrogen (secondary N) is 1. The molecule has 1 aliphatic carbocycles. The van der Waals surface area contributed by atoms with Gasteiger partial charge in [0.05, 0.1) is 10.5 Å². The normalized spacial score (nSPS) is 20.1. The highest BCUT2D eigenvalue weighted by molar-refractivity contribution is 7.92. The molecule has 1 heterocycles. The molecule has 1 saturated carbocycles. The summed E-state index contributed by atoms with van der Waals surface area (Å²) in [7, 11) is -3.11. The predicted molar refractivity (Wildman–Crippen MR) is 91.6 cm³/mol. The fourth-order valence-corrected chi connectivity index (χ4v) is 5.75. The van der Waals surface area contributed by atoms with Gasteiger partial charge in [0.15, 0.2) is 9.84 Å². The zero-order valence-electron chi connectivity index (χ0n) is 12.9. The molecular formula is C16H21ClN2O3S. The lowest BCUT2D eigenvalue weighted by atomic mass is 10.0. The quantitative estimate of drug-likeness (QED) is 0.903. The van der Waals surface area contributed by atoms with Crippen molar-refractivity contribution >= 4 is 33.2 Å². The van der Waals surface area contributed by atoms with Gasteiger partial charge in [-0.05, 0) is 31.0 Å². The van der Waals surface area contributed by atoms with E-state index in [9.17, 15) is 13.2 Å². The number of hydrogen-bond acceptors (Lipinski definition) is 3. The summed E-state index contributed by atoms with van der Waals surface area (Å²) in [5.41, 5.74) is 0.612. The first-order valence-corrected chi connectivity index (χ1v) is 10.00. The maximum atomic E-state index is 12.6. The minimum Gasteiger partial charge on any atom is -0.322 e. The second-order valence-corrected chi connectivity index (χ2v) is 9.26. The fraction of sp³-hybridized carbons (Fsp3) is 0.562. The first-order valence-electron chi connectivity index (χ1n) is 8.01. The number of carbonyl (C=O) groups is 1. The molecule has 2 fully saturated rings. The van der Waals surface area contributed by atoms with Gasteiger partial charge in [-0.2, -0.15) is 0 Å². The van der Waals surface area contributed by atoms with E-state index in [0.717, 1.165) is 32.1 Å². The van der Waals surface area contributed by atoms with Crippen LogP contribution in [0.4, 0.5) is 10.5 Å². The molecule has 2 amide bonds. The number of benzene rings is 1. The van der Waals surface area contributed by atoms with E-state index in [2.05, 4.69) is 5.32 Å². The van der Waals surface area contributed by atoms with E-state index in [0.29, 0.717) is 10.7 Å². The van der Waals surface area contributed by atoms with E-state index < -0.39 is 15.1 Å². The Hall–Kier alpha value is -1.27. The van der Waals surface area contributed by atoms with Crippen molar-refractivity contribution in [3.8, 4) is 0 Å². The summed E-state index contributed by atoms with van der Waals surface area (Å²) >= 11 is 5.88. The Labute approximate surface area is 141 Å². The van der Waals surface area contributed by atoms with Crippen LogP contribution in [0.15, 0.2) is 24.3 Å². The first kappa shape index (κ1) is 16.6. The van der Waals surface area contributed by atoms with E-state index >= 15 is 0 Å². The largest absolute Gasteiger partial charge is 0.322 e. The lowest BCUT2D eigenvalue weighted by Crippen LogP contribution is -2.59. The van der Waals surface area contributed by atoms with Gasteiger partial charge in [-0.3, -0.25) is 0 Å². The van der Waals surface area contributed by atoms with Gasteiger partial charge in [-0.25, -0.2) is 13.2 Å². The third-order valence-corrected chi connectivity index (χ3v) is 7.56. The Kier molecular flexibility index (Phi) is 4.82. The molecule has 0 aromatic heterocycles. The fourth-order valence-electron chi connectivity index (χ4n) is 3.25. The van der Waals surface area contributed by atoms with Gasteiger partial charge in [0.2, 0.25) is 0 Å². The number of hydrogen-bond donors (Lipinski definition) is 1. The Morgan fingerprint density at radius 2 is 1.83 bits per heavy atom. The van der Waals surface area contributed by atoms with Crippen molar-refractivity contribution in [2.45, 2.75) is 42.6 Å². The molecule has 0 bridgehead atoms. The summed E-state index contributed by atoms with van der Waals surface area (Å²) in [6.45, 7) is 0.566. The van der Waals surface area contributed by atoms with Crippen molar-refractivity contribution < 1.29 is 13.2 Å². The highest BCUT2D eigenvalue weighted by Crippen LogP contribution is 2.30. The van der Waals surface area contributed by atoms with E-state index in [-0.39, 0.29) is 24.4 Å². The molecule has 0 radical (unpaired) electrons. The van der Waals surface area contributed by atoms with Crippen LogP contribution in [0.25, 0.3) is 0 Å². The second kappa shape index (κ2) is 6.69. The van der Waals surface area contributed by atoms with Crippen LogP contribution in [0.3, 0.4) is 0 Å². The summed E-state index contributed by atoms with van der Waals surface area (Å²) in [5.74, 6) is 0. The molecule has 2 aliphatic rings. The molecule has 23 heavy (non-hydrogen) atoms. The zero-order valence-corrected chi connectivity index (χ0v) is 14.4. The Morgan fingerprint density at radius 1 is 1.13 bits per heavy atom. The average Bonchev–Trinajstić information content (AvgIpc) is 2.46. The number of carbonyl (C=O) groups excluding carboxylic acids is 1. The lowest BCUT2D eigenvalue weighted by molar-refractivity contribution is 0.182. The van der Waals surface area contributed by atoms with Crippen LogP contribution in [-0.4, -0.2) is 42.9 Å². The van der Waals surface area contributed by atoms with Gasteiger partial charge < -0.3 is 10.2 Å². The highest BCUT2D eigenvalue weighted by Gasteiger charge is 2.43. The molecule has 0 spiro atoms. The number of halogens is 1.